The van der Waals surface area contributed by atoms with Gasteiger partial charge < -0.3 is 20.7 Å². The predicted molar refractivity (Wildman–Crippen MR) is 77.1 cm³/mol. The van der Waals surface area contributed by atoms with Gasteiger partial charge in [-0.1, -0.05) is 0 Å². The number of rotatable bonds is 0. The minimum Gasteiger partial charge on any atom is -0.425 e. The van der Waals surface area contributed by atoms with Crippen LogP contribution in [0.15, 0.2) is 41.1 Å². The van der Waals surface area contributed by atoms with Crippen LogP contribution in [0.5, 0.6) is 0 Å². The highest BCUT2D eigenvalue weighted by molar-refractivity contribution is 6.11. The Labute approximate surface area is 126 Å². The Kier molecular flexibility index (Phi) is 2.10. The SMILES string of the molecule is O=C1Nc2ccc(F)cc2C12C1=C(NCC1)OC1=C2CCN1. The summed E-state index contributed by atoms with van der Waals surface area (Å²) in [7, 11) is 0. The van der Waals surface area contributed by atoms with Gasteiger partial charge >= 0.3 is 0 Å². The predicted octanol–water partition coefficient (Wildman–Crippen LogP) is 1.46. The van der Waals surface area contributed by atoms with Crippen LogP contribution in [0, 0.1) is 5.82 Å². The Balaban J connectivity index is 1.86. The van der Waals surface area contributed by atoms with Gasteiger partial charge in [0.05, 0.1) is 0 Å². The zero-order valence-corrected chi connectivity index (χ0v) is 11.8. The maximum atomic E-state index is 13.9. The maximum absolute atomic E-state index is 13.9. The number of fused-ring (bicyclic) bond motifs is 4. The van der Waals surface area contributed by atoms with E-state index in [1.165, 1.54) is 12.1 Å². The van der Waals surface area contributed by atoms with Crippen molar-refractivity contribution < 1.29 is 13.9 Å². The second-order valence-electron chi connectivity index (χ2n) is 5.97. The van der Waals surface area contributed by atoms with Crippen molar-refractivity contribution in [1.82, 2.24) is 10.6 Å². The van der Waals surface area contributed by atoms with Crippen LogP contribution in [-0.2, 0) is 14.9 Å². The first-order chi connectivity index (χ1) is 10.7. The molecule has 6 heteroatoms. The Morgan fingerprint density at radius 3 is 2.45 bits per heavy atom. The lowest BCUT2D eigenvalue weighted by atomic mass is 9.67. The molecule has 22 heavy (non-hydrogen) atoms. The van der Waals surface area contributed by atoms with E-state index in [1.807, 2.05) is 0 Å². The number of ether oxygens (including phenoxy) is 1. The zero-order chi connectivity index (χ0) is 14.9. The molecule has 0 radical (unpaired) electrons. The molecule has 4 aliphatic heterocycles. The van der Waals surface area contributed by atoms with Crippen LogP contribution in [-0.4, -0.2) is 19.0 Å². The van der Waals surface area contributed by atoms with Gasteiger partial charge in [0, 0.05) is 35.5 Å². The van der Waals surface area contributed by atoms with Crippen molar-refractivity contribution in [1.29, 1.82) is 0 Å². The van der Waals surface area contributed by atoms with Crippen molar-refractivity contribution >= 4 is 11.6 Å². The normalized spacial score (nSPS) is 23.6. The van der Waals surface area contributed by atoms with Gasteiger partial charge in [0.1, 0.15) is 11.2 Å². The molecule has 0 bridgehead atoms. The minimum absolute atomic E-state index is 0.108. The molecular weight excluding hydrogens is 285 g/mol. The van der Waals surface area contributed by atoms with Crippen LogP contribution >= 0.6 is 0 Å². The van der Waals surface area contributed by atoms with Crippen LogP contribution in [0.1, 0.15) is 18.4 Å². The van der Waals surface area contributed by atoms with E-state index in [-0.39, 0.29) is 11.7 Å². The molecule has 0 unspecified atom stereocenters. The number of benzene rings is 1. The molecule has 0 aromatic heterocycles. The second kappa shape index (κ2) is 3.82. The van der Waals surface area contributed by atoms with Gasteiger partial charge in [-0.25, -0.2) is 4.39 Å². The lowest BCUT2D eigenvalue weighted by Crippen LogP contribution is -2.41. The highest BCUT2D eigenvalue weighted by Gasteiger charge is 2.58. The number of nitrogens with one attached hydrogen (secondary N) is 3. The van der Waals surface area contributed by atoms with Gasteiger partial charge in [0.25, 0.3) is 0 Å². The van der Waals surface area contributed by atoms with E-state index < -0.39 is 5.41 Å². The third kappa shape index (κ3) is 1.22. The molecule has 0 atom stereocenters. The van der Waals surface area contributed by atoms with Crippen molar-refractivity contribution in [3.63, 3.8) is 0 Å². The van der Waals surface area contributed by atoms with Gasteiger partial charge in [-0.15, -0.1) is 0 Å². The summed E-state index contributed by atoms with van der Waals surface area (Å²) in [6.07, 6.45) is 1.44. The van der Waals surface area contributed by atoms with Crippen molar-refractivity contribution in [2.45, 2.75) is 18.3 Å². The summed E-state index contributed by atoms with van der Waals surface area (Å²) in [5, 5.41) is 9.32. The third-order valence-electron chi connectivity index (χ3n) is 4.95. The van der Waals surface area contributed by atoms with E-state index >= 15 is 0 Å². The zero-order valence-electron chi connectivity index (χ0n) is 11.8. The van der Waals surface area contributed by atoms with Gasteiger partial charge in [-0.05, 0) is 31.0 Å². The summed E-state index contributed by atoms with van der Waals surface area (Å²) in [6, 6.07) is 4.49. The van der Waals surface area contributed by atoms with Crippen molar-refractivity contribution in [3.05, 3.63) is 52.5 Å². The third-order valence-corrected chi connectivity index (χ3v) is 4.95. The number of carbonyl (C=O) groups excluding carboxylic acids is 1. The van der Waals surface area contributed by atoms with Gasteiger partial charge in [-0.3, -0.25) is 4.79 Å². The monoisotopic (exact) mass is 299 g/mol. The summed E-state index contributed by atoms with van der Waals surface area (Å²) in [5.41, 5.74) is 2.29. The number of hydrogen-bond acceptors (Lipinski definition) is 4. The molecule has 1 spiro atoms. The topological polar surface area (TPSA) is 62.4 Å². The summed E-state index contributed by atoms with van der Waals surface area (Å²) in [4.78, 5) is 13.0. The average molecular weight is 299 g/mol. The Hall–Kier alpha value is -2.50. The quantitative estimate of drug-likeness (QED) is 0.678. The average Bonchev–Trinajstić information content (AvgIpc) is 3.19. The number of amides is 1. The summed E-state index contributed by atoms with van der Waals surface area (Å²) in [6.45, 7) is 1.45. The van der Waals surface area contributed by atoms with E-state index in [4.69, 9.17) is 4.74 Å². The van der Waals surface area contributed by atoms with Gasteiger partial charge in [0.15, 0.2) is 11.8 Å². The van der Waals surface area contributed by atoms with E-state index in [9.17, 15) is 9.18 Å². The molecule has 4 aliphatic rings. The van der Waals surface area contributed by atoms with Crippen molar-refractivity contribution in [2.75, 3.05) is 18.4 Å². The van der Waals surface area contributed by atoms with Crippen LogP contribution in [0.3, 0.4) is 0 Å². The minimum atomic E-state index is -0.923. The van der Waals surface area contributed by atoms with Crippen molar-refractivity contribution in [2.24, 2.45) is 0 Å². The first-order valence-corrected chi connectivity index (χ1v) is 7.45. The Morgan fingerprint density at radius 2 is 1.77 bits per heavy atom. The first kappa shape index (κ1) is 12.1. The molecule has 112 valence electrons. The first-order valence-electron chi connectivity index (χ1n) is 7.45. The molecule has 1 amide bonds. The smallest absolute Gasteiger partial charge is 0.243 e. The number of hydrogen-bond donors (Lipinski definition) is 3. The molecule has 0 saturated heterocycles. The lowest BCUT2D eigenvalue weighted by Gasteiger charge is -2.34. The van der Waals surface area contributed by atoms with Crippen LogP contribution in [0.25, 0.3) is 0 Å². The second-order valence-corrected chi connectivity index (χ2v) is 5.97. The molecule has 3 N–H and O–H groups in total. The Bertz CT molecular complexity index is 767. The number of halogens is 1. The molecule has 4 heterocycles. The van der Waals surface area contributed by atoms with E-state index in [0.717, 1.165) is 37.1 Å². The lowest BCUT2D eigenvalue weighted by molar-refractivity contribution is -0.119. The largest absolute Gasteiger partial charge is 0.425 e. The van der Waals surface area contributed by atoms with Gasteiger partial charge in [0.2, 0.25) is 5.91 Å². The molecule has 5 rings (SSSR count). The molecular formula is C16H14FN3O2. The molecule has 5 nitrogen and oxygen atoms in total. The van der Waals surface area contributed by atoms with E-state index in [0.29, 0.717) is 23.0 Å². The summed E-state index contributed by atoms with van der Waals surface area (Å²) < 4.78 is 19.8. The van der Waals surface area contributed by atoms with Crippen LogP contribution in [0.4, 0.5) is 10.1 Å². The van der Waals surface area contributed by atoms with Crippen LogP contribution in [0.2, 0.25) is 0 Å². The summed E-state index contributed by atoms with van der Waals surface area (Å²) in [5.74, 6) is 0.840. The fourth-order valence-electron chi connectivity index (χ4n) is 4.11. The van der Waals surface area contributed by atoms with E-state index in [1.54, 1.807) is 6.07 Å². The molecule has 0 fully saturated rings. The van der Waals surface area contributed by atoms with Crippen LogP contribution < -0.4 is 16.0 Å². The van der Waals surface area contributed by atoms with Gasteiger partial charge in [-0.2, -0.15) is 0 Å². The van der Waals surface area contributed by atoms with E-state index in [2.05, 4.69) is 16.0 Å². The fourth-order valence-corrected chi connectivity index (χ4v) is 4.11. The fraction of sp³-hybridized carbons (Fsp3) is 0.312. The molecule has 0 saturated carbocycles. The number of anilines is 1. The Morgan fingerprint density at radius 1 is 1.09 bits per heavy atom. The highest BCUT2D eigenvalue weighted by atomic mass is 19.1. The number of carbonyl (C=O) groups is 1. The summed E-state index contributed by atoms with van der Waals surface area (Å²) >= 11 is 0. The van der Waals surface area contributed by atoms with Crippen molar-refractivity contribution in [3.8, 4) is 0 Å². The molecule has 1 aromatic carbocycles. The maximum Gasteiger partial charge on any atom is 0.243 e. The highest BCUT2D eigenvalue weighted by Crippen LogP contribution is 2.55. The molecule has 1 aromatic rings. The standard InChI is InChI=1S/C16H14FN3O2/c17-8-1-2-12-11(7-8)16(15(21)20-12)9-3-5-18-13(9)22-14-10(16)4-6-19-14/h1-2,7,18-19H,3-6H2,(H,20,21). The molecule has 0 aliphatic carbocycles.